The van der Waals surface area contributed by atoms with Crippen molar-refractivity contribution in [3.63, 3.8) is 0 Å². The Kier molecular flexibility index (Phi) is 5.75. The van der Waals surface area contributed by atoms with Crippen molar-refractivity contribution in [2.24, 2.45) is 0 Å². The van der Waals surface area contributed by atoms with E-state index in [1.54, 1.807) is 30.3 Å². The molecular weight excluding hydrogens is 242 g/mol. The third-order valence-electron chi connectivity index (χ3n) is 2.21. The molecule has 1 aromatic rings. The average molecular weight is 261 g/mol. The molecule has 2 N–H and O–H groups in total. The van der Waals surface area contributed by atoms with Crippen molar-refractivity contribution in [1.29, 1.82) is 0 Å². The number of anilines is 2. The first kappa shape index (κ1) is 14.9. The summed E-state index contributed by atoms with van der Waals surface area (Å²) < 4.78 is 0. The first-order chi connectivity index (χ1) is 8.97. The van der Waals surface area contributed by atoms with Crippen molar-refractivity contribution in [3.8, 4) is 0 Å². The van der Waals surface area contributed by atoms with Gasteiger partial charge >= 0.3 is 0 Å². The van der Waals surface area contributed by atoms with Gasteiger partial charge < -0.3 is 15.5 Å². The smallest absolute Gasteiger partial charge is 0.248 e. The van der Waals surface area contributed by atoms with Gasteiger partial charge in [0.05, 0.1) is 0 Å². The molecule has 0 aliphatic heterocycles. The molecular formula is C14H19N3O2. The standard InChI is InChI=1S/C14H19N3O2/c1-11(18)15-12-6-8-13(9-7-12)16-14(19)5-4-10-17(2)3/h4-9H,10H2,1-3H3,(H,15,18)(H,16,19)/b5-4+. The number of likely N-dealkylation sites (N-methyl/N-ethyl adjacent to an activating group) is 1. The van der Waals surface area contributed by atoms with Crippen LogP contribution in [0, 0.1) is 0 Å². The molecule has 2 amide bonds. The number of carbonyl (C=O) groups excluding carboxylic acids is 2. The Balaban J connectivity index is 2.51. The minimum Gasteiger partial charge on any atom is -0.326 e. The van der Waals surface area contributed by atoms with Crippen molar-refractivity contribution < 1.29 is 9.59 Å². The highest BCUT2D eigenvalue weighted by Gasteiger charge is 1.99. The zero-order valence-corrected chi connectivity index (χ0v) is 11.4. The molecule has 5 nitrogen and oxygen atoms in total. The summed E-state index contributed by atoms with van der Waals surface area (Å²) in [5.41, 5.74) is 1.39. The lowest BCUT2D eigenvalue weighted by molar-refractivity contribution is -0.114. The van der Waals surface area contributed by atoms with Gasteiger partial charge in [0.25, 0.3) is 0 Å². The number of carbonyl (C=O) groups is 2. The van der Waals surface area contributed by atoms with Crippen molar-refractivity contribution in [2.75, 3.05) is 31.3 Å². The molecule has 0 aliphatic carbocycles. The van der Waals surface area contributed by atoms with Crippen LogP contribution in [0.5, 0.6) is 0 Å². The molecule has 0 unspecified atom stereocenters. The van der Waals surface area contributed by atoms with E-state index in [0.717, 1.165) is 6.54 Å². The third-order valence-corrected chi connectivity index (χ3v) is 2.21. The van der Waals surface area contributed by atoms with Gasteiger partial charge in [0.15, 0.2) is 0 Å². The SMILES string of the molecule is CC(=O)Nc1ccc(NC(=O)/C=C/CN(C)C)cc1. The maximum atomic E-state index is 11.6. The van der Waals surface area contributed by atoms with E-state index in [2.05, 4.69) is 10.6 Å². The Hall–Kier alpha value is -2.14. The largest absolute Gasteiger partial charge is 0.326 e. The van der Waals surface area contributed by atoms with E-state index in [1.807, 2.05) is 19.0 Å². The maximum absolute atomic E-state index is 11.6. The van der Waals surface area contributed by atoms with Gasteiger partial charge in [-0.1, -0.05) is 6.08 Å². The van der Waals surface area contributed by atoms with Crippen LogP contribution >= 0.6 is 0 Å². The normalized spacial score (nSPS) is 10.7. The number of benzene rings is 1. The first-order valence-electron chi connectivity index (χ1n) is 5.97. The summed E-state index contributed by atoms with van der Waals surface area (Å²) in [7, 11) is 3.87. The fourth-order valence-corrected chi connectivity index (χ4v) is 1.39. The molecule has 0 atom stereocenters. The summed E-state index contributed by atoms with van der Waals surface area (Å²) in [6, 6.07) is 6.95. The second-order valence-electron chi connectivity index (χ2n) is 4.41. The molecule has 5 heteroatoms. The lowest BCUT2D eigenvalue weighted by atomic mass is 10.2. The summed E-state index contributed by atoms with van der Waals surface area (Å²) in [5.74, 6) is -0.294. The fourth-order valence-electron chi connectivity index (χ4n) is 1.39. The van der Waals surface area contributed by atoms with Crippen LogP contribution in [0.1, 0.15) is 6.92 Å². The highest BCUT2D eigenvalue weighted by Crippen LogP contribution is 2.13. The summed E-state index contributed by atoms with van der Waals surface area (Å²) in [4.78, 5) is 24.4. The number of rotatable bonds is 5. The van der Waals surface area contributed by atoms with E-state index in [-0.39, 0.29) is 11.8 Å². The van der Waals surface area contributed by atoms with Gasteiger partial charge in [-0.3, -0.25) is 9.59 Å². The Morgan fingerprint density at radius 1 is 1.11 bits per heavy atom. The van der Waals surface area contributed by atoms with Gasteiger partial charge in [0, 0.05) is 30.9 Å². The molecule has 0 bridgehead atoms. The Bertz CT molecular complexity index is 464. The van der Waals surface area contributed by atoms with Gasteiger partial charge in [-0.25, -0.2) is 0 Å². The second kappa shape index (κ2) is 7.33. The molecule has 102 valence electrons. The molecule has 0 fully saturated rings. The number of amides is 2. The van der Waals surface area contributed by atoms with Gasteiger partial charge in [0.1, 0.15) is 0 Å². The highest BCUT2D eigenvalue weighted by molar-refractivity contribution is 5.99. The molecule has 0 aromatic heterocycles. The van der Waals surface area contributed by atoms with E-state index in [1.165, 1.54) is 13.0 Å². The Morgan fingerprint density at radius 2 is 1.63 bits per heavy atom. The molecule has 19 heavy (non-hydrogen) atoms. The summed E-state index contributed by atoms with van der Waals surface area (Å²) >= 11 is 0. The van der Waals surface area contributed by atoms with Crippen molar-refractivity contribution >= 4 is 23.2 Å². The first-order valence-corrected chi connectivity index (χ1v) is 5.97. The predicted octanol–water partition coefficient (Wildman–Crippen LogP) is 1.70. The maximum Gasteiger partial charge on any atom is 0.248 e. The molecule has 0 radical (unpaired) electrons. The molecule has 0 aliphatic rings. The van der Waals surface area contributed by atoms with E-state index < -0.39 is 0 Å². The molecule has 1 aromatic carbocycles. The minimum atomic E-state index is -0.172. The zero-order valence-electron chi connectivity index (χ0n) is 11.4. The van der Waals surface area contributed by atoms with Crippen LogP contribution in [0.4, 0.5) is 11.4 Å². The van der Waals surface area contributed by atoms with E-state index in [9.17, 15) is 9.59 Å². The number of hydrogen-bond acceptors (Lipinski definition) is 3. The molecule has 0 heterocycles. The lowest BCUT2D eigenvalue weighted by Crippen LogP contribution is -2.13. The monoisotopic (exact) mass is 261 g/mol. The lowest BCUT2D eigenvalue weighted by Gasteiger charge is -2.06. The van der Waals surface area contributed by atoms with Crippen LogP contribution in [0.25, 0.3) is 0 Å². The zero-order chi connectivity index (χ0) is 14.3. The van der Waals surface area contributed by atoms with Crippen LogP contribution in [-0.4, -0.2) is 37.4 Å². The van der Waals surface area contributed by atoms with Gasteiger partial charge in [0.2, 0.25) is 11.8 Å². The molecule has 0 saturated carbocycles. The van der Waals surface area contributed by atoms with Gasteiger partial charge in [-0.05, 0) is 38.4 Å². The van der Waals surface area contributed by atoms with Crippen molar-refractivity contribution in [2.45, 2.75) is 6.92 Å². The molecule has 0 saturated heterocycles. The summed E-state index contributed by atoms with van der Waals surface area (Å²) in [6.07, 6.45) is 3.29. The predicted molar refractivity (Wildman–Crippen MR) is 77.1 cm³/mol. The summed E-state index contributed by atoms with van der Waals surface area (Å²) in [5, 5.41) is 5.40. The highest BCUT2D eigenvalue weighted by atomic mass is 16.2. The number of hydrogen-bond donors (Lipinski definition) is 2. The van der Waals surface area contributed by atoms with E-state index >= 15 is 0 Å². The van der Waals surface area contributed by atoms with E-state index in [0.29, 0.717) is 11.4 Å². The topological polar surface area (TPSA) is 61.4 Å². The summed E-state index contributed by atoms with van der Waals surface area (Å²) in [6.45, 7) is 2.17. The van der Waals surface area contributed by atoms with Gasteiger partial charge in [-0.15, -0.1) is 0 Å². The quantitative estimate of drug-likeness (QED) is 0.793. The Labute approximate surface area is 113 Å². The Morgan fingerprint density at radius 3 is 2.11 bits per heavy atom. The number of nitrogens with one attached hydrogen (secondary N) is 2. The van der Waals surface area contributed by atoms with Crippen LogP contribution in [0.3, 0.4) is 0 Å². The van der Waals surface area contributed by atoms with Crippen LogP contribution in [0.15, 0.2) is 36.4 Å². The van der Waals surface area contributed by atoms with Crippen molar-refractivity contribution in [3.05, 3.63) is 36.4 Å². The number of nitrogens with zero attached hydrogens (tertiary/aromatic N) is 1. The molecule has 1 rings (SSSR count). The minimum absolute atomic E-state index is 0.122. The average Bonchev–Trinajstić information content (AvgIpc) is 2.30. The van der Waals surface area contributed by atoms with Crippen molar-refractivity contribution in [1.82, 2.24) is 4.90 Å². The molecule has 0 spiro atoms. The fraction of sp³-hybridized carbons (Fsp3) is 0.286. The van der Waals surface area contributed by atoms with E-state index in [4.69, 9.17) is 0 Å². The second-order valence-corrected chi connectivity index (χ2v) is 4.41. The van der Waals surface area contributed by atoms with Crippen LogP contribution < -0.4 is 10.6 Å². The van der Waals surface area contributed by atoms with Crippen LogP contribution in [0.2, 0.25) is 0 Å². The van der Waals surface area contributed by atoms with Crippen LogP contribution in [-0.2, 0) is 9.59 Å². The van der Waals surface area contributed by atoms with Gasteiger partial charge in [-0.2, -0.15) is 0 Å². The third kappa shape index (κ3) is 6.38.